The number of pyridine rings is 1. The number of thiophene rings is 2. The highest BCUT2D eigenvalue weighted by Crippen LogP contribution is 2.21. The molecule has 3 nitrogen and oxygen atoms in total. The van der Waals surface area contributed by atoms with Gasteiger partial charge in [-0.2, -0.15) is 22.7 Å². The van der Waals surface area contributed by atoms with Crippen molar-refractivity contribution in [1.29, 1.82) is 0 Å². The third-order valence-electron chi connectivity index (χ3n) is 3.08. The Kier molecular flexibility index (Phi) is 4.43. The number of hydrogen-bond acceptors (Lipinski definition) is 4. The Morgan fingerprint density at radius 3 is 2.67 bits per heavy atom. The monoisotopic (exact) mass is 314 g/mol. The first-order valence-electron chi connectivity index (χ1n) is 6.55. The van der Waals surface area contributed by atoms with E-state index >= 15 is 0 Å². The van der Waals surface area contributed by atoms with E-state index in [1.54, 1.807) is 28.9 Å². The Balaban J connectivity index is 1.60. The van der Waals surface area contributed by atoms with Crippen LogP contribution in [-0.2, 0) is 17.8 Å². The van der Waals surface area contributed by atoms with Crippen LogP contribution in [0.25, 0.3) is 11.1 Å². The molecule has 1 N–H and O–H groups in total. The lowest BCUT2D eigenvalue weighted by atomic mass is 10.1. The average molecular weight is 314 g/mol. The van der Waals surface area contributed by atoms with Gasteiger partial charge in [0.1, 0.15) is 0 Å². The van der Waals surface area contributed by atoms with E-state index in [4.69, 9.17) is 0 Å². The molecule has 3 rings (SSSR count). The van der Waals surface area contributed by atoms with Crippen molar-refractivity contribution in [1.82, 2.24) is 10.3 Å². The van der Waals surface area contributed by atoms with Gasteiger partial charge in [0.25, 0.3) is 0 Å². The predicted octanol–water partition coefficient (Wildman–Crippen LogP) is 3.73. The summed E-state index contributed by atoms with van der Waals surface area (Å²) >= 11 is 3.27. The van der Waals surface area contributed by atoms with E-state index in [0.717, 1.165) is 16.7 Å². The number of carbonyl (C=O) groups excluding carboxylic acids is 1. The Labute approximate surface area is 131 Å². The van der Waals surface area contributed by atoms with Crippen LogP contribution in [0.4, 0.5) is 0 Å². The van der Waals surface area contributed by atoms with Crippen LogP contribution < -0.4 is 5.32 Å². The van der Waals surface area contributed by atoms with Gasteiger partial charge < -0.3 is 5.32 Å². The minimum absolute atomic E-state index is 0.0364. The SMILES string of the molecule is O=C(Cc1ccsc1)NCc1cncc(-c2ccsc2)c1. The summed E-state index contributed by atoms with van der Waals surface area (Å²) in [6.45, 7) is 0.508. The lowest BCUT2D eigenvalue weighted by molar-refractivity contribution is -0.120. The first kappa shape index (κ1) is 14.0. The molecule has 0 spiro atoms. The molecule has 0 atom stereocenters. The van der Waals surface area contributed by atoms with Gasteiger partial charge in [-0.25, -0.2) is 0 Å². The Hall–Kier alpha value is -1.98. The standard InChI is InChI=1S/C16H14N2OS2/c19-16(6-12-1-3-20-10-12)18-8-13-5-15(9-17-7-13)14-2-4-21-11-14/h1-5,7,9-11H,6,8H2,(H,18,19). The minimum Gasteiger partial charge on any atom is -0.352 e. The van der Waals surface area contributed by atoms with Crippen LogP contribution in [0.1, 0.15) is 11.1 Å². The molecule has 0 aliphatic heterocycles. The maximum atomic E-state index is 11.9. The highest BCUT2D eigenvalue weighted by molar-refractivity contribution is 7.08. The van der Waals surface area contributed by atoms with E-state index in [0.29, 0.717) is 13.0 Å². The molecule has 0 aromatic carbocycles. The first-order chi connectivity index (χ1) is 10.3. The van der Waals surface area contributed by atoms with Crippen molar-refractivity contribution < 1.29 is 4.79 Å². The third kappa shape index (κ3) is 3.77. The molecule has 3 heterocycles. The van der Waals surface area contributed by atoms with E-state index in [1.165, 1.54) is 5.56 Å². The van der Waals surface area contributed by atoms with Crippen LogP contribution in [0.15, 0.2) is 52.1 Å². The van der Waals surface area contributed by atoms with Gasteiger partial charge in [0, 0.05) is 24.5 Å². The summed E-state index contributed by atoms with van der Waals surface area (Å²) in [6, 6.07) is 6.11. The fraction of sp³-hybridized carbons (Fsp3) is 0.125. The van der Waals surface area contributed by atoms with Crippen LogP contribution in [-0.4, -0.2) is 10.9 Å². The fourth-order valence-electron chi connectivity index (χ4n) is 2.01. The highest BCUT2D eigenvalue weighted by Gasteiger charge is 2.05. The van der Waals surface area contributed by atoms with Crippen molar-refractivity contribution >= 4 is 28.6 Å². The Bertz CT molecular complexity index is 706. The van der Waals surface area contributed by atoms with Crippen LogP contribution in [0, 0.1) is 0 Å². The summed E-state index contributed by atoms with van der Waals surface area (Å²) in [7, 11) is 0. The van der Waals surface area contributed by atoms with Crippen LogP contribution in [0.5, 0.6) is 0 Å². The van der Waals surface area contributed by atoms with Crippen molar-refractivity contribution in [2.75, 3.05) is 0 Å². The molecule has 0 saturated carbocycles. The second kappa shape index (κ2) is 6.65. The molecule has 0 saturated heterocycles. The number of nitrogens with one attached hydrogen (secondary N) is 1. The zero-order valence-electron chi connectivity index (χ0n) is 11.3. The lowest BCUT2D eigenvalue weighted by Gasteiger charge is -2.06. The number of amides is 1. The predicted molar refractivity (Wildman–Crippen MR) is 87.4 cm³/mol. The van der Waals surface area contributed by atoms with Crippen molar-refractivity contribution in [2.45, 2.75) is 13.0 Å². The molecule has 21 heavy (non-hydrogen) atoms. The van der Waals surface area contributed by atoms with E-state index in [1.807, 2.05) is 28.4 Å². The Morgan fingerprint density at radius 1 is 1.05 bits per heavy atom. The second-order valence-corrected chi connectivity index (χ2v) is 6.24. The molecular weight excluding hydrogens is 300 g/mol. The summed E-state index contributed by atoms with van der Waals surface area (Å²) in [4.78, 5) is 16.1. The number of carbonyl (C=O) groups is 1. The quantitative estimate of drug-likeness (QED) is 0.779. The third-order valence-corrected chi connectivity index (χ3v) is 4.50. The van der Waals surface area contributed by atoms with E-state index in [9.17, 15) is 4.79 Å². The van der Waals surface area contributed by atoms with Gasteiger partial charge in [-0.15, -0.1) is 0 Å². The molecule has 3 aromatic heterocycles. The van der Waals surface area contributed by atoms with Crippen molar-refractivity contribution in [3.05, 3.63) is 63.2 Å². The second-order valence-electron chi connectivity index (χ2n) is 4.68. The molecule has 0 fully saturated rings. The van der Waals surface area contributed by atoms with Gasteiger partial charge in [-0.3, -0.25) is 9.78 Å². The maximum absolute atomic E-state index is 11.9. The van der Waals surface area contributed by atoms with Gasteiger partial charge in [0.05, 0.1) is 6.42 Å². The lowest BCUT2D eigenvalue weighted by Crippen LogP contribution is -2.24. The molecule has 0 aliphatic carbocycles. The van der Waals surface area contributed by atoms with E-state index in [-0.39, 0.29) is 5.91 Å². The van der Waals surface area contributed by atoms with Crippen molar-refractivity contribution in [3.8, 4) is 11.1 Å². The van der Waals surface area contributed by atoms with Crippen LogP contribution in [0.2, 0.25) is 0 Å². The molecule has 0 bridgehead atoms. The zero-order valence-corrected chi connectivity index (χ0v) is 12.9. The molecule has 0 aliphatic rings. The Morgan fingerprint density at radius 2 is 1.90 bits per heavy atom. The summed E-state index contributed by atoms with van der Waals surface area (Å²) in [5.41, 5.74) is 4.32. The van der Waals surface area contributed by atoms with Gasteiger partial charge in [-0.1, -0.05) is 0 Å². The summed E-state index contributed by atoms with van der Waals surface area (Å²) in [5.74, 6) is 0.0364. The average Bonchev–Trinajstić information content (AvgIpc) is 3.19. The summed E-state index contributed by atoms with van der Waals surface area (Å²) in [6.07, 6.45) is 4.07. The first-order valence-corrected chi connectivity index (χ1v) is 8.44. The minimum atomic E-state index is 0.0364. The summed E-state index contributed by atoms with van der Waals surface area (Å²) < 4.78 is 0. The highest BCUT2D eigenvalue weighted by atomic mass is 32.1. The van der Waals surface area contributed by atoms with Crippen LogP contribution in [0.3, 0.4) is 0 Å². The summed E-state index contributed by atoms with van der Waals surface area (Å²) in [5, 5.41) is 11.1. The zero-order chi connectivity index (χ0) is 14.5. The molecular formula is C16H14N2OS2. The largest absolute Gasteiger partial charge is 0.352 e. The van der Waals surface area contributed by atoms with Gasteiger partial charge in [0.2, 0.25) is 5.91 Å². The fourth-order valence-corrected chi connectivity index (χ4v) is 3.35. The maximum Gasteiger partial charge on any atom is 0.224 e. The van der Waals surface area contributed by atoms with Gasteiger partial charge in [-0.05, 0) is 56.4 Å². The smallest absolute Gasteiger partial charge is 0.224 e. The number of aromatic nitrogens is 1. The topological polar surface area (TPSA) is 42.0 Å². The molecule has 106 valence electrons. The molecule has 0 unspecified atom stereocenters. The van der Waals surface area contributed by atoms with Crippen LogP contribution >= 0.6 is 22.7 Å². The normalized spacial score (nSPS) is 10.5. The molecule has 3 aromatic rings. The van der Waals surface area contributed by atoms with E-state index in [2.05, 4.69) is 27.8 Å². The molecule has 1 amide bonds. The van der Waals surface area contributed by atoms with Gasteiger partial charge in [0.15, 0.2) is 0 Å². The van der Waals surface area contributed by atoms with E-state index < -0.39 is 0 Å². The number of rotatable bonds is 5. The molecule has 0 radical (unpaired) electrons. The van der Waals surface area contributed by atoms with Crippen molar-refractivity contribution in [2.24, 2.45) is 0 Å². The number of hydrogen-bond donors (Lipinski definition) is 1. The molecule has 5 heteroatoms. The number of nitrogens with zero attached hydrogens (tertiary/aromatic N) is 1. The van der Waals surface area contributed by atoms with Gasteiger partial charge >= 0.3 is 0 Å². The van der Waals surface area contributed by atoms with Crippen molar-refractivity contribution in [3.63, 3.8) is 0 Å².